The van der Waals surface area contributed by atoms with Crippen molar-refractivity contribution in [3.8, 4) is 0 Å². The van der Waals surface area contributed by atoms with E-state index in [1.165, 1.54) is 22.2 Å². The molecule has 0 fully saturated rings. The minimum Gasteiger partial charge on any atom is -0.315 e. The van der Waals surface area contributed by atoms with E-state index >= 15 is 0 Å². The van der Waals surface area contributed by atoms with Crippen molar-refractivity contribution in [1.82, 2.24) is 10.2 Å². The Morgan fingerprint density at radius 1 is 1.39 bits per heavy atom. The van der Waals surface area contributed by atoms with E-state index < -0.39 is 0 Å². The van der Waals surface area contributed by atoms with Crippen molar-refractivity contribution in [2.75, 3.05) is 26.7 Å². The first-order valence-corrected chi connectivity index (χ1v) is 8.37. The molecular formula is C14H25BrN2S. The van der Waals surface area contributed by atoms with E-state index in [-0.39, 0.29) is 0 Å². The maximum atomic E-state index is 3.51. The van der Waals surface area contributed by atoms with Gasteiger partial charge >= 0.3 is 0 Å². The number of thiophene rings is 1. The fraction of sp³-hybridized carbons (Fsp3) is 0.714. The molecule has 18 heavy (non-hydrogen) atoms. The summed E-state index contributed by atoms with van der Waals surface area (Å²) in [4.78, 5) is 2.37. The van der Waals surface area contributed by atoms with Crippen LogP contribution in [-0.4, -0.2) is 31.6 Å². The van der Waals surface area contributed by atoms with Gasteiger partial charge in [0.15, 0.2) is 0 Å². The van der Waals surface area contributed by atoms with Crippen LogP contribution < -0.4 is 5.32 Å². The Kier molecular flexibility index (Phi) is 8.15. The van der Waals surface area contributed by atoms with Crippen LogP contribution in [0.15, 0.2) is 15.2 Å². The number of nitrogens with zero attached hydrogens (tertiary/aromatic N) is 1. The lowest BCUT2D eigenvalue weighted by molar-refractivity contribution is 0.324. The van der Waals surface area contributed by atoms with Crippen molar-refractivity contribution in [3.05, 3.63) is 20.8 Å². The molecule has 0 amide bonds. The second-order valence-corrected chi connectivity index (χ2v) is 7.57. The van der Waals surface area contributed by atoms with Gasteiger partial charge in [0.25, 0.3) is 0 Å². The fourth-order valence-electron chi connectivity index (χ4n) is 1.85. The van der Waals surface area contributed by atoms with Crippen LogP contribution in [0.3, 0.4) is 0 Å². The Morgan fingerprint density at radius 2 is 2.17 bits per heavy atom. The molecular weight excluding hydrogens is 308 g/mol. The van der Waals surface area contributed by atoms with Crippen molar-refractivity contribution in [2.24, 2.45) is 5.92 Å². The SMILES string of the molecule is CC(C)CCCNCCN(C)Cc1csc(Br)c1. The summed E-state index contributed by atoms with van der Waals surface area (Å²) in [5.41, 5.74) is 1.40. The zero-order chi connectivity index (χ0) is 13.4. The topological polar surface area (TPSA) is 15.3 Å². The highest BCUT2D eigenvalue weighted by Crippen LogP contribution is 2.21. The van der Waals surface area contributed by atoms with Crippen molar-refractivity contribution in [1.29, 1.82) is 0 Å². The number of rotatable bonds is 9. The molecule has 0 aromatic carbocycles. The highest BCUT2D eigenvalue weighted by Gasteiger charge is 2.02. The highest BCUT2D eigenvalue weighted by atomic mass is 79.9. The minimum absolute atomic E-state index is 0.825. The van der Waals surface area contributed by atoms with Gasteiger partial charge in [0.05, 0.1) is 3.79 Å². The molecule has 0 spiro atoms. The number of halogens is 1. The molecule has 0 bridgehead atoms. The third-order valence-corrected chi connectivity index (χ3v) is 4.43. The smallest absolute Gasteiger partial charge is 0.0701 e. The molecule has 0 saturated heterocycles. The number of likely N-dealkylation sites (N-methyl/N-ethyl adjacent to an activating group) is 1. The predicted molar refractivity (Wildman–Crippen MR) is 85.3 cm³/mol. The Morgan fingerprint density at radius 3 is 2.78 bits per heavy atom. The van der Waals surface area contributed by atoms with Gasteiger partial charge in [0, 0.05) is 19.6 Å². The van der Waals surface area contributed by atoms with Gasteiger partial charge in [0.1, 0.15) is 0 Å². The molecule has 0 radical (unpaired) electrons. The van der Waals surface area contributed by atoms with E-state index in [4.69, 9.17) is 0 Å². The zero-order valence-electron chi connectivity index (χ0n) is 11.7. The van der Waals surface area contributed by atoms with Gasteiger partial charge in [0.2, 0.25) is 0 Å². The number of hydrogen-bond donors (Lipinski definition) is 1. The summed E-state index contributed by atoms with van der Waals surface area (Å²) in [5.74, 6) is 0.825. The van der Waals surface area contributed by atoms with E-state index in [1.54, 1.807) is 11.3 Å². The van der Waals surface area contributed by atoms with E-state index in [2.05, 4.69) is 58.5 Å². The van der Waals surface area contributed by atoms with Gasteiger partial charge in [-0.2, -0.15) is 0 Å². The summed E-state index contributed by atoms with van der Waals surface area (Å²) < 4.78 is 1.22. The first kappa shape index (κ1) is 16.2. The standard InChI is InChI=1S/C14H25BrN2S/c1-12(2)5-4-6-16-7-8-17(3)10-13-9-14(15)18-11-13/h9,11-12,16H,4-8,10H2,1-3H3. The minimum atomic E-state index is 0.825. The van der Waals surface area contributed by atoms with Crippen LogP contribution in [0.4, 0.5) is 0 Å². The molecule has 1 aromatic heterocycles. The molecule has 0 aliphatic heterocycles. The third-order valence-electron chi connectivity index (χ3n) is 2.88. The summed E-state index contributed by atoms with van der Waals surface area (Å²) in [6, 6.07) is 2.21. The molecule has 0 aliphatic rings. The van der Waals surface area contributed by atoms with Gasteiger partial charge in [-0.1, -0.05) is 13.8 Å². The third kappa shape index (κ3) is 7.52. The molecule has 0 atom stereocenters. The highest BCUT2D eigenvalue weighted by molar-refractivity contribution is 9.11. The Balaban J connectivity index is 2.01. The molecule has 1 heterocycles. The maximum absolute atomic E-state index is 3.51. The van der Waals surface area contributed by atoms with Crippen molar-refractivity contribution in [2.45, 2.75) is 33.2 Å². The lowest BCUT2D eigenvalue weighted by Gasteiger charge is -2.16. The van der Waals surface area contributed by atoms with Gasteiger partial charge in [-0.25, -0.2) is 0 Å². The van der Waals surface area contributed by atoms with Gasteiger partial charge < -0.3 is 10.2 Å². The summed E-state index contributed by atoms with van der Waals surface area (Å²) >= 11 is 5.26. The van der Waals surface area contributed by atoms with Crippen LogP contribution in [0.5, 0.6) is 0 Å². The van der Waals surface area contributed by atoms with Gasteiger partial charge in [-0.15, -0.1) is 11.3 Å². The van der Waals surface area contributed by atoms with Crippen molar-refractivity contribution < 1.29 is 0 Å². The summed E-state index contributed by atoms with van der Waals surface area (Å²) in [5, 5.41) is 5.73. The van der Waals surface area contributed by atoms with Crippen LogP contribution in [0.2, 0.25) is 0 Å². The molecule has 1 N–H and O–H groups in total. The van der Waals surface area contributed by atoms with Crippen molar-refractivity contribution >= 4 is 27.3 Å². The zero-order valence-corrected chi connectivity index (χ0v) is 14.1. The van der Waals surface area contributed by atoms with E-state index in [0.717, 1.165) is 32.1 Å². The van der Waals surface area contributed by atoms with Crippen LogP contribution in [0.25, 0.3) is 0 Å². The summed E-state index contributed by atoms with van der Waals surface area (Å²) in [7, 11) is 2.18. The average Bonchev–Trinajstić information content (AvgIpc) is 2.68. The first-order valence-electron chi connectivity index (χ1n) is 6.70. The molecule has 4 heteroatoms. The second kappa shape index (κ2) is 9.08. The van der Waals surface area contributed by atoms with E-state index in [1.807, 2.05) is 0 Å². The second-order valence-electron chi connectivity index (χ2n) is 5.28. The van der Waals surface area contributed by atoms with Crippen LogP contribution in [0, 0.1) is 5.92 Å². The molecule has 0 aliphatic carbocycles. The van der Waals surface area contributed by atoms with Crippen LogP contribution in [0.1, 0.15) is 32.3 Å². The Hall–Kier alpha value is 0.100. The largest absolute Gasteiger partial charge is 0.315 e. The van der Waals surface area contributed by atoms with Crippen LogP contribution in [-0.2, 0) is 6.54 Å². The molecule has 1 rings (SSSR count). The molecule has 0 unspecified atom stereocenters. The summed E-state index contributed by atoms with van der Waals surface area (Å²) in [6.45, 7) is 8.94. The molecule has 104 valence electrons. The Bertz CT molecular complexity index is 325. The van der Waals surface area contributed by atoms with Gasteiger partial charge in [-0.05, 0) is 65.3 Å². The monoisotopic (exact) mass is 332 g/mol. The predicted octanol–water partition coefficient (Wildman–Crippen LogP) is 3.97. The van der Waals surface area contributed by atoms with Crippen molar-refractivity contribution in [3.63, 3.8) is 0 Å². The Labute approximate surface area is 124 Å². The molecule has 1 aromatic rings. The summed E-state index contributed by atoms with van der Waals surface area (Å²) in [6.07, 6.45) is 2.62. The molecule has 2 nitrogen and oxygen atoms in total. The number of nitrogens with one attached hydrogen (secondary N) is 1. The quantitative estimate of drug-likeness (QED) is 0.688. The lowest BCUT2D eigenvalue weighted by atomic mass is 10.1. The normalized spacial score (nSPS) is 11.7. The van der Waals surface area contributed by atoms with E-state index in [0.29, 0.717) is 0 Å². The fourth-order valence-corrected chi connectivity index (χ4v) is 3.05. The molecule has 0 saturated carbocycles. The number of hydrogen-bond acceptors (Lipinski definition) is 3. The van der Waals surface area contributed by atoms with E-state index in [9.17, 15) is 0 Å². The van der Waals surface area contributed by atoms with Gasteiger partial charge in [-0.3, -0.25) is 0 Å². The average molecular weight is 333 g/mol. The lowest BCUT2D eigenvalue weighted by Crippen LogP contribution is -2.29. The first-order chi connectivity index (χ1) is 8.58. The van der Waals surface area contributed by atoms with Crippen LogP contribution >= 0.6 is 27.3 Å². The maximum Gasteiger partial charge on any atom is 0.0701 e.